The first-order chi connectivity index (χ1) is 30.4. The number of aryl methyl sites for hydroxylation is 2. The van der Waals surface area contributed by atoms with Gasteiger partial charge >= 0.3 is 5.97 Å². The Balaban J connectivity index is 0.000000252. The topological polar surface area (TPSA) is 185 Å². The molecule has 0 fully saturated rings. The van der Waals surface area contributed by atoms with Crippen LogP contribution in [0.15, 0.2) is 94.9 Å². The van der Waals surface area contributed by atoms with Crippen LogP contribution in [0, 0.1) is 13.8 Å². The number of ketones is 1. The average Bonchev–Trinajstić information content (AvgIpc) is 3.79. The molecule has 19 heteroatoms. The van der Waals surface area contributed by atoms with Gasteiger partial charge in [0.25, 0.3) is 0 Å². The number of aromatic nitrogens is 6. The molecular formula is C45H48Cl2I3N9O5. The van der Waals surface area contributed by atoms with Crippen LogP contribution in [0.4, 0.5) is 0 Å². The van der Waals surface area contributed by atoms with Gasteiger partial charge < -0.3 is 20.3 Å². The SMILES string of the molecule is CCCC(=O)C[C@@H]1N=C(c2ccc(Cl)cc2)c2cc(OC)ccc2-n2c(C)nnc21.CCN.COc1ccc2c(c1)C(c1ccc(Cl)cc1)=N[C@@H](CC(=O)O)c1nnc(C)n1-2.I.II. The highest BCUT2D eigenvalue weighted by Crippen LogP contribution is 2.36. The largest absolute Gasteiger partial charge is 0.497 e. The lowest BCUT2D eigenvalue weighted by Gasteiger charge is -2.14. The number of halogens is 5. The number of fused-ring (bicyclic) bond motifs is 6. The van der Waals surface area contributed by atoms with Crippen LogP contribution in [-0.4, -0.2) is 78.6 Å². The maximum Gasteiger partial charge on any atom is 0.306 e. The van der Waals surface area contributed by atoms with Crippen molar-refractivity contribution in [1.82, 2.24) is 29.5 Å². The molecule has 14 nitrogen and oxygen atoms in total. The molecule has 2 aromatic heterocycles. The van der Waals surface area contributed by atoms with E-state index >= 15 is 0 Å². The number of carbonyl (C=O) groups is 2. The predicted molar refractivity (Wildman–Crippen MR) is 280 cm³/mol. The summed E-state index contributed by atoms with van der Waals surface area (Å²) < 4.78 is 14.7. The first kappa shape index (κ1) is 52.6. The number of hydrogen-bond donors (Lipinski definition) is 2. The third kappa shape index (κ3) is 12.4. The third-order valence-electron chi connectivity index (χ3n) is 9.82. The number of hydrogen-bond acceptors (Lipinski definition) is 11. The van der Waals surface area contributed by atoms with Crippen molar-refractivity contribution in [3.8, 4) is 22.9 Å². The molecule has 0 saturated heterocycles. The van der Waals surface area contributed by atoms with Crippen LogP contribution in [0.2, 0.25) is 10.0 Å². The molecule has 6 aromatic rings. The van der Waals surface area contributed by atoms with Crippen molar-refractivity contribution in [2.24, 2.45) is 15.7 Å². The lowest BCUT2D eigenvalue weighted by molar-refractivity contribution is -0.137. The summed E-state index contributed by atoms with van der Waals surface area (Å²) >= 11 is 16.4. The van der Waals surface area contributed by atoms with Crippen LogP contribution in [-0.2, 0) is 9.59 Å². The minimum Gasteiger partial charge on any atom is -0.497 e. The van der Waals surface area contributed by atoms with Gasteiger partial charge in [0.05, 0.1) is 43.4 Å². The number of carboxylic acids is 1. The van der Waals surface area contributed by atoms with Crippen molar-refractivity contribution in [2.45, 2.75) is 65.5 Å². The van der Waals surface area contributed by atoms with Gasteiger partial charge in [-0.2, -0.15) is 0 Å². The number of benzene rings is 4. The fourth-order valence-corrected chi connectivity index (χ4v) is 7.37. The fourth-order valence-electron chi connectivity index (χ4n) is 7.12. The molecule has 4 aromatic carbocycles. The van der Waals surface area contributed by atoms with Crippen LogP contribution in [0.1, 0.15) is 97.2 Å². The van der Waals surface area contributed by atoms with Crippen LogP contribution >= 0.6 is 84.4 Å². The number of aliphatic carboxylic acids is 1. The Morgan fingerprint density at radius 1 is 0.688 bits per heavy atom. The van der Waals surface area contributed by atoms with Crippen LogP contribution in [0.3, 0.4) is 0 Å². The Hall–Kier alpha value is -4.03. The maximum absolute atomic E-state index is 12.5. The standard InChI is InChI=1S/C23H23ClN4O2.C20H17ClN4O3.C2H7N.I2.HI/c1-4-5-17(29)12-20-23-27-26-14(2)28(23)21-11-10-18(30-3)13-19(21)22(25-20)15-6-8-16(24)9-7-15;1-11-23-24-20-16(10-18(26)27)22-19(12-3-5-13(21)6-4-12)15-9-14(28-2)7-8-17(15)25(11)20;1-2-3;1-2;/h6-11,13,20H,4-5,12H2,1-3H3;3-9,16H,10H2,1-2H3,(H,26,27);2-3H2,1H3;;1H/t20-;16-;;;/m00.../s1. The molecule has 2 aliphatic rings. The zero-order valence-electron chi connectivity index (χ0n) is 35.9. The van der Waals surface area contributed by atoms with Gasteiger partial charge in [-0.3, -0.25) is 28.7 Å². The number of Topliss-reactive ketones (excluding diaryl/α,β-unsaturated/α-hetero) is 1. The van der Waals surface area contributed by atoms with E-state index in [1.807, 2.05) is 110 Å². The zero-order valence-corrected chi connectivity index (χ0v) is 44.1. The van der Waals surface area contributed by atoms with Gasteiger partial charge in [-0.15, -0.1) is 44.4 Å². The van der Waals surface area contributed by atoms with E-state index in [1.54, 1.807) is 26.4 Å². The summed E-state index contributed by atoms with van der Waals surface area (Å²) in [7, 11) is 3.24. The molecule has 2 atom stereocenters. The summed E-state index contributed by atoms with van der Waals surface area (Å²) in [4.78, 5) is 33.9. The lowest BCUT2D eigenvalue weighted by Crippen LogP contribution is -2.11. The fraction of sp³-hybridized carbons (Fsp3) is 0.289. The highest BCUT2D eigenvalue weighted by molar-refractivity contribution is 15.0. The number of carbonyl (C=O) groups excluding carboxylic acids is 1. The Kier molecular flexibility index (Phi) is 20.6. The second-order valence-electron chi connectivity index (χ2n) is 14.1. The van der Waals surface area contributed by atoms with Crippen LogP contribution in [0.5, 0.6) is 11.5 Å². The van der Waals surface area contributed by atoms with Gasteiger partial charge in [-0.25, -0.2) is 0 Å². The first-order valence-corrected chi connectivity index (χ1v) is 26.9. The van der Waals surface area contributed by atoms with Gasteiger partial charge in [0, 0.05) is 82.4 Å². The molecule has 8 rings (SSSR count). The summed E-state index contributed by atoms with van der Waals surface area (Å²) in [5.74, 6) is 3.17. The molecular weight excluding hydrogens is 1200 g/mol. The zero-order chi connectivity index (χ0) is 45.8. The van der Waals surface area contributed by atoms with E-state index in [-0.39, 0.29) is 42.6 Å². The van der Waals surface area contributed by atoms with E-state index in [0.717, 1.165) is 63.9 Å². The molecule has 0 radical (unpaired) electrons. The summed E-state index contributed by atoms with van der Waals surface area (Å²) in [6.45, 7) is 8.39. The molecule has 0 spiro atoms. The van der Waals surface area contributed by atoms with Gasteiger partial charge in [0.15, 0.2) is 11.6 Å². The van der Waals surface area contributed by atoms with E-state index in [4.69, 9.17) is 48.4 Å². The van der Waals surface area contributed by atoms with Gasteiger partial charge in [0.1, 0.15) is 41.0 Å². The van der Waals surface area contributed by atoms with Crippen molar-refractivity contribution in [3.63, 3.8) is 0 Å². The summed E-state index contributed by atoms with van der Waals surface area (Å²) in [5, 5.41) is 27.7. The van der Waals surface area contributed by atoms with E-state index < -0.39 is 18.1 Å². The minimum atomic E-state index is -0.958. The number of ether oxygens (including phenoxy) is 2. The average molecular weight is 1250 g/mol. The minimum absolute atomic E-state index is 0. The van der Waals surface area contributed by atoms with Crippen LogP contribution < -0.4 is 15.2 Å². The van der Waals surface area contributed by atoms with E-state index in [9.17, 15) is 14.7 Å². The Labute approximate surface area is 422 Å². The summed E-state index contributed by atoms with van der Waals surface area (Å²) in [6.07, 6.45) is 1.42. The normalized spacial score (nSPS) is 14.1. The van der Waals surface area contributed by atoms with Crippen LogP contribution in [0.25, 0.3) is 11.4 Å². The van der Waals surface area contributed by atoms with Crippen molar-refractivity contribution in [2.75, 3.05) is 20.8 Å². The lowest BCUT2D eigenvalue weighted by atomic mass is 9.99. The maximum atomic E-state index is 12.5. The molecule has 0 bridgehead atoms. The molecule has 0 amide bonds. The molecule has 4 heterocycles. The second-order valence-corrected chi connectivity index (χ2v) is 15.0. The summed E-state index contributed by atoms with van der Waals surface area (Å²) in [6, 6.07) is 25.2. The molecule has 0 unspecified atom stereocenters. The van der Waals surface area contributed by atoms with Gasteiger partial charge in [-0.05, 0) is 87.5 Å². The number of nitrogens with two attached hydrogens (primary N) is 1. The van der Waals surface area contributed by atoms with E-state index in [1.165, 1.54) is 0 Å². The molecule has 3 N–H and O–H groups in total. The van der Waals surface area contributed by atoms with Crippen molar-refractivity contribution < 1.29 is 24.2 Å². The highest BCUT2D eigenvalue weighted by Gasteiger charge is 2.31. The van der Waals surface area contributed by atoms with Gasteiger partial charge in [0.2, 0.25) is 0 Å². The Morgan fingerprint density at radius 2 is 1.08 bits per heavy atom. The molecule has 2 aliphatic heterocycles. The molecule has 338 valence electrons. The Bertz CT molecular complexity index is 2600. The number of nitrogens with zero attached hydrogens (tertiary/aromatic N) is 8. The number of methoxy groups -OCH3 is 2. The third-order valence-corrected chi connectivity index (χ3v) is 10.3. The monoisotopic (exact) mass is 1250 g/mol. The smallest absolute Gasteiger partial charge is 0.306 e. The summed E-state index contributed by atoms with van der Waals surface area (Å²) in [5.41, 5.74) is 11.4. The highest BCUT2D eigenvalue weighted by atomic mass is 128. The van der Waals surface area contributed by atoms with E-state index in [0.29, 0.717) is 45.4 Å². The second kappa shape index (κ2) is 25.0. The number of aliphatic imine (C=N–C) groups is 2. The van der Waals surface area contributed by atoms with Crippen molar-refractivity contribution >= 4 is 108 Å². The number of carboxylic acid groups (broad SMARTS) is 1. The first-order valence-electron chi connectivity index (χ1n) is 19.9. The molecule has 0 saturated carbocycles. The quantitative estimate of drug-likeness (QED) is 0.125. The number of rotatable bonds is 10. The Morgan fingerprint density at radius 3 is 1.44 bits per heavy atom. The van der Waals surface area contributed by atoms with E-state index in [2.05, 4.69) is 57.6 Å². The molecule has 0 aliphatic carbocycles. The predicted octanol–water partition coefficient (Wildman–Crippen LogP) is 10.8. The van der Waals surface area contributed by atoms with Crippen molar-refractivity contribution in [1.29, 1.82) is 0 Å². The van der Waals surface area contributed by atoms with Crippen molar-refractivity contribution in [3.05, 3.63) is 141 Å². The van der Waals surface area contributed by atoms with Gasteiger partial charge in [-0.1, -0.05) is 61.3 Å². The molecule has 64 heavy (non-hydrogen) atoms.